The van der Waals surface area contributed by atoms with Crippen LogP contribution in [-0.2, 0) is 4.79 Å². The molecule has 0 aliphatic carbocycles. The van der Waals surface area contributed by atoms with Crippen molar-refractivity contribution in [2.45, 2.75) is 12.8 Å². The largest absolute Gasteiger partial charge is 0.326 e. The molecular weight excluding hydrogens is 401 g/mol. The highest BCUT2D eigenvalue weighted by Gasteiger charge is 2.09. The van der Waals surface area contributed by atoms with Crippen LogP contribution in [0.3, 0.4) is 0 Å². The molecule has 21 heavy (non-hydrogen) atoms. The Balaban J connectivity index is 1.84. The van der Waals surface area contributed by atoms with Gasteiger partial charge in [0, 0.05) is 32.7 Å². The Morgan fingerprint density at radius 1 is 0.952 bits per heavy atom. The van der Waals surface area contributed by atoms with Crippen LogP contribution in [0, 0.1) is 3.57 Å². The number of Topliss-reactive ketones (excluding diaryl/α,β-unsaturated/α-hetero) is 1. The van der Waals surface area contributed by atoms with Crippen molar-refractivity contribution in [3.05, 3.63) is 62.7 Å². The summed E-state index contributed by atoms with van der Waals surface area (Å²) in [6, 6.07) is 14.2. The second-order valence-electron chi connectivity index (χ2n) is 4.49. The van der Waals surface area contributed by atoms with Gasteiger partial charge in [0.1, 0.15) is 0 Å². The van der Waals surface area contributed by atoms with E-state index in [2.05, 4.69) is 27.9 Å². The normalized spacial score (nSPS) is 10.2. The molecular formula is C16H13ClINO2. The van der Waals surface area contributed by atoms with Gasteiger partial charge in [-0.25, -0.2) is 0 Å². The molecule has 0 fully saturated rings. The fourth-order valence-electron chi connectivity index (χ4n) is 1.76. The number of rotatable bonds is 5. The lowest BCUT2D eigenvalue weighted by Gasteiger charge is -2.05. The highest BCUT2D eigenvalue weighted by Crippen LogP contribution is 2.14. The standard InChI is InChI=1S/C16H13ClINO2/c17-12-3-1-11(2-4-12)15(20)9-10-16(21)19-14-7-5-13(18)6-8-14/h1-8H,9-10H2,(H,19,21). The number of halogens is 2. The van der Waals surface area contributed by atoms with Gasteiger partial charge in [0.25, 0.3) is 0 Å². The second kappa shape index (κ2) is 7.56. The van der Waals surface area contributed by atoms with Gasteiger partial charge in [-0.05, 0) is 71.1 Å². The molecule has 0 aliphatic heterocycles. The van der Waals surface area contributed by atoms with Gasteiger partial charge in [0.2, 0.25) is 5.91 Å². The summed E-state index contributed by atoms with van der Waals surface area (Å²) in [6.45, 7) is 0. The summed E-state index contributed by atoms with van der Waals surface area (Å²) >= 11 is 7.97. The molecule has 5 heteroatoms. The number of benzene rings is 2. The number of amides is 1. The first-order chi connectivity index (χ1) is 10.0. The van der Waals surface area contributed by atoms with E-state index < -0.39 is 0 Å². The third-order valence-electron chi connectivity index (χ3n) is 2.87. The number of carbonyl (C=O) groups is 2. The van der Waals surface area contributed by atoms with Crippen molar-refractivity contribution in [2.75, 3.05) is 5.32 Å². The van der Waals surface area contributed by atoms with Crippen LogP contribution in [0.2, 0.25) is 5.02 Å². The lowest BCUT2D eigenvalue weighted by Crippen LogP contribution is -2.13. The van der Waals surface area contributed by atoms with Crippen LogP contribution in [0.25, 0.3) is 0 Å². The molecule has 0 spiro atoms. The van der Waals surface area contributed by atoms with E-state index in [1.807, 2.05) is 24.3 Å². The summed E-state index contributed by atoms with van der Waals surface area (Å²) < 4.78 is 1.10. The Morgan fingerprint density at radius 3 is 2.19 bits per heavy atom. The molecule has 0 aliphatic rings. The van der Waals surface area contributed by atoms with E-state index in [1.54, 1.807) is 24.3 Å². The van der Waals surface area contributed by atoms with Crippen molar-refractivity contribution in [1.82, 2.24) is 0 Å². The molecule has 0 unspecified atom stereocenters. The zero-order chi connectivity index (χ0) is 15.2. The van der Waals surface area contributed by atoms with Gasteiger partial charge in [-0.1, -0.05) is 11.6 Å². The molecule has 0 heterocycles. The molecule has 0 aromatic heterocycles. The van der Waals surface area contributed by atoms with Crippen molar-refractivity contribution in [2.24, 2.45) is 0 Å². The second-order valence-corrected chi connectivity index (χ2v) is 6.17. The third-order valence-corrected chi connectivity index (χ3v) is 3.84. The van der Waals surface area contributed by atoms with E-state index in [0.717, 1.165) is 9.26 Å². The average molecular weight is 414 g/mol. The van der Waals surface area contributed by atoms with E-state index in [9.17, 15) is 9.59 Å². The minimum atomic E-state index is -0.168. The molecule has 2 rings (SSSR count). The van der Waals surface area contributed by atoms with Crippen LogP contribution in [0.4, 0.5) is 5.69 Å². The zero-order valence-corrected chi connectivity index (χ0v) is 14.0. The van der Waals surface area contributed by atoms with Crippen LogP contribution in [0.1, 0.15) is 23.2 Å². The quantitative estimate of drug-likeness (QED) is 0.577. The predicted molar refractivity (Wildman–Crippen MR) is 92.8 cm³/mol. The van der Waals surface area contributed by atoms with E-state index in [1.165, 1.54) is 0 Å². The fourth-order valence-corrected chi connectivity index (χ4v) is 2.25. The number of carbonyl (C=O) groups excluding carboxylic acids is 2. The zero-order valence-electron chi connectivity index (χ0n) is 11.1. The average Bonchev–Trinajstić information content (AvgIpc) is 2.48. The fraction of sp³-hybridized carbons (Fsp3) is 0.125. The Kier molecular flexibility index (Phi) is 5.76. The Bertz CT molecular complexity index is 638. The molecule has 0 radical (unpaired) electrons. The molecule has 108 valence electrons. The summed E-state index contributed by atoms with van der Waals surface area (Å²) in [5, 5.41) is 3.36. The SMILES string of the molecule is O=C(CCC(=O)c1ccc(Cl)cc1)Nc1ccc(I)cc1. The molecule has 2 aromatic rings. The molecule has 2 aromatic carbocycles. The van der Waals surface area contributed by atoms with Gasteiger partial charge in [-0.2, -0.15) is 0 Å². The van der Waals surface area contributed by atoms with Crippen molar-refractivity contribution in [1.29, 1.82) is 0 Å². The number of anilines is 1. The number of ketones is 1. The Morgan fingerprint density at radius 2 is 1.57 bits per heavy atom. The smallest absolute Gasteiger partial charge is 0.224 e. The molecule has 0 saturated carbocycles. The van der Waals surface area contributed by atoms with Crippen molar-refractivity contribution >= 4 is 51.6 Å². The highest BCUT2D eigenvalue weighted by molar-refractivity contribution is 14.1. The molecule has 0 saturated heterocycles. The van der Waals surface area contributed by atoms with Crippen molar-refractivity contribution in [3.63, 3.8) is 0 Å². The Hall–Kier alpha value is -1.40. The molecule has 0 bridgehead atoms. The molecule has 3 nitrogen and oxygen atoms in total. The lowest BCUT2D eigenvalue weighted by molar-refractivity contribution is -0.116. The van der Waals surface area contributed by atoms with Gasteiger partial charge in [-0.15, -0.1) is 0 Å². The molecule has 0 atom stereocenters. The topological polar surface area (TPSA) is 46.2 Å². The van der Waals surface area contributed by atoms with Crippen LogP contribution in [0.15, 0.2) is 48.5 Å². The lowest BCUT2D eigenvalue weighted by atomic mass is 10.1. The highest BCUT2D eigenvalue weighted by atomic mass is 127. The first-order valence-corrected chi connectivity index (χ1v) is 7.84. The van der Waals surface area contributed by atoms with Crippen molar-refractivity contribution in [3.8, 4) is 0 Å². The van der Waals surface area contributed by atoms with Gasteiger partial charge in [0.15, 0.2) is 5.78 Å². The van der Waals surface area contributed by atoms with Gasteiger partial charge in [-0.3, -0.25) is 9.59 Å². The monoisotopic (exact) mass is 413 g/mol. The summed E-state index contributed by atoms with van der Waals surface area (Å²) in [4.78, 5) is 23.7. The van der Waals surface area contributed by atoms with E-state index in [0.29, 0.717) is 10.6 Å². The summed E-state index contributed by atoms with van der Waals surface area (Å²) in [5.41, 5.74) is 1.31. The molecule has 1 amide bonds. The third kappa shape index (κ3) is 5.13. The van der Waals surface area contributed by atoms with E-state index in [4.69, 9.17) is 11.6 Å². The van der Waals surface area contributed by atoms with Crippen LogP contribution >= 0.6 is 34.2 Å². The first-order valence-electron chi connectivity index (χ1n) is 6.39. The minimum Gasteiger partial charge on any atom is -0.326 e. The van der Waals surface area contributed by atoms with Crippen LogP contribution in [-0.4, -0.2) is 11.7 Å². The number of nitrogens with one attached hydrogen (secondary N) is 1. The van der Waals surface area contributed by atoms with E-state index in [-0.39, 0.29) is 24.5 Å². The predicted octanol–water partition coefficient (Wildman–Crippen LogP) is 4.55. The van der Waals surface area contributed by atoms with Gasteiger partial charge in [0.05, 0.1) is 0 Å². The first kappa shape index (κ1) is 16.0. The maximum Gasteiger partial charge on any atom is 0.224 e. The van der Waals surface area contributed by atoms with Crippen LogP contribution in [0.5, 0.6) is 0 Å². The number of hydrogen-bond acceptors (Lipinski definition) is 2. The van der Waals surface area contributed by atoms with Crippen LogP contribution < -0.4 is 5.32 Å². The Labute approximate surface area is 141 Å². The maximum absolute atomic E-state index is 11.9. The minimum absolute atomic E-state index is 0.0653. The summed E-state index contributed by atoms with van der Waals surface area (Å²) in [7, 11) is 0. The summed E-state index contributed by atoms with van der Waals surface area (Å²) in [5.74, 6) is -0.233. The maximum atomic E-state index is 11.9. The van der Waals surface area contributed by atoms with Gasteiger partial charge < -0.3 is 5.32 Å². The van der Waals surface area contributed by atoms with Gasteiger partial charge >= 0.3 is 0 Å². The summed E-state index contributed by atoms with van der Waals surface area (Å²) in [6.07, 6.45) is 0.339. The van der Waals surface area contributed by atoms with E-state index >= 15 is 0 Å². The number of hydrogen-bond donors (Lipinski definition) is 1. The van der Waals surface area contributed by atoms with Crippen molar-refractivity contribution < 1.29 is 9.59 Å². The molecule has 1 N–H and O–H groups in total.